The van der Waals surface area contributed by atoms with Crippen molar-refractivity contribution >= 4 is 27.5 Å². The molecule has 218 valence electrons. The molecule has 9 nitrogen and oxygen atoms in total. The molecule has 3 aromatic carbocycles. The zero-order valence-electron chi connectivity index (χ0n) is 23.2. The second kappa shape index (κ2) is 12.8. The molecule has 0 aliphatic carbocycles. The summed E-state index contributed by atoms with van der Waals surface area (Å²) in [6.07, 6.45) is -0.515. The number of carbonyl (C=O) groups is 2. The summed E-state index contributed by atoms with van der Waals surface area (Å²) in [4.78, 5) is 27.8. The summed E-state index contributed by atoms with van der Waals surface area (Å²) < 4.78 is 47.2. The van der Waals surface area contributed by atoms with Gasteiger partial charge in [-0.05, 0) is 55.0 Å². The summed E-state index contributed by atoms with van der Waals surface area (Å²) in [6.45, 7) is 3.44. The highest BCUT2D eigenvalue weighted by Gasteiger charge is 2.35. The molecule has 0 spiro atoms. The van der Waals surface area contributed by atoms with Gasteiger partial charge in [-0.1, -0.05) is 37.3 Å². The quantitative estimate of drug-likeness (QED) is 0.398. The minimum absolute atomic E-state index is 0.0502. The maximum absolute atomic E-state index is 13.7. The largest absolute Gasteiger partial charge is 0.488 e. The van der Waals surface area contributed by atoms with Crippen LogP contribution < -0.4 is 10.1 Å². The third-order valence-corrected chi connectivity index (χ3v) is 8.95. The Labute approximate surface area is 239 Å². The Hall–Kier alpha value is -3.80. The molecule has 41 heavy (non-hydrogen) atoms. The van der Waals surface area contributed by atoms with Crippen LogP contribution in [-0.4, -0.2) is 73.4 Å². The van der Waals surface area contributed by atoms with E-state index in [0.29, 0.717) is 5.69 Å². The minimum atomic E-state index is -3.95. The standard InChI is InChI=1S/C30H34FN3O6S/c1-20-17-34(21(2)19-35)30(37)26-16-24(32-29(36)15-22-7-5-4-6-8-22)11-14-27(26)40-28(20)18-33(3)41(38,39)25-12-9-23(31)10-13-25/h4-14,16,20-21,28,35H,15,17-19H2,1-3H3,(H,32,36)/t20-,21+,28+/m1/s1. The summed E-state index contributed by atoms with van der Waals surface area (Å²) in [5.74, 6) is -1.26. The summed E-state index contributed by atoms with van der Waals surface area (Å²) in [5.41, 5.74) is 1.43. The van der Waals surface area contributed by atoms with Gasteiger partial charge in [-0.3, -0.25) is 9.59 Å². The molecule has 1 aliphatic heterocycles. The van der Waals surface area contributed by atoms with E-state index in [-0.39, 0.29) is 60.1 Å². The van der Waals surface area contributed by atoms with E-state index in [9.17, 15) is 27.5 Å². The number of aliphatic hydroxyl groups excluding tert-OH is 1. The molecule has 1 heterocycles. The first-order chi connectivity index (χ1) is 19.5. The first-order valence-electron chi connectivity index (χ1n) is 13.3. The Morgan fingerprint density at radius 1 is 1.15 bits per heavy atom. The average Bonchev–Trinajstić information content (AvgIpc) is 2.95. The molecule has 1 aliphatic rings. The lowest BCUT2D eigenvalue weighted by molar-refractivity contribution is -0.115. The number of benzene rings is 3. The van der Waals surface area contributed by atoms with E-state index in [2.05, 4.69) is 5.32 Å². The normalized spacial score (nSPS) is 18.2. The van der Waals surface area contributed by atoms with Crippen molar-refractivity contribution in [3.63, 3.8) is 0 Å². The van der Waals surface area contributed by atoms with Gasteiger partial charge in [0, 0.05) is 25.2 Å². The second-order valence-electron chi connectivity index (χ2n) is 10.3. The number of aliphatic hydroxyl groups is 1. The highest BCUT2D eigenvalue weighted by Crippen LogP contribution is 2.31. The lowest BCUT2D eigenvalue weighted by atomic mass is 9.99. The SMILES string of the molecule is C[C@@H]1CN([C@@H](C)CO)C(=O)c2cc(NC(=O)Cc3ccccc3)ccc2O[C@H]1CN(C)S(=O)(=O)c1ccc(F)cc1. The number of anilines is 1. The highest BCUT2D eigenvalue weighted by molar-refractivity contribution is 7.89. The van der Waals surface area contributed by atoms with Crippen LogP contribution in [0.1, 0.15) is 29.8 Å². The Morgan fingerprint density at radius 2 is 1.83 bits per heavy atom. The molecule has 3 atom stereocenters. The van der Waals surface area contributed by atoms with Gasteiger partial charge in [-0.25, -0.2) is 12.8 Å². The fraction of sp³-hybridized carbons (Fsp3) is 0.333. The number of nitrogens with one attached hydrogen (secondary N) is 1. The van der Waals surface area contributed by atoms with Gasteiger partial charge in [-0.2, -0.15) is 4.31 Å². The molecule has 2 amide bonds. The van der Waals surface area contributed by atoms with Crippen molar-refractivity contribution in [3.05, 3.63) is 89.7 Å². The van der Waals surface area contributed by atoms with Crippen molar-refractivity contribution in [2.45, 2.75) is 37.3 Å². The van der Waals surface area contributed by atoms with Crippen molar-refractivity contribution in [3.8, 4) is 5.75 Å². The van der Waals surface area contributed by atoms with Gasteiger partial charge >= 0.3 is 0 Å². The van der Waals surface area contributed by atoms with E-state index in [1.54, 1.807) is 19.1 Å². The van der Waals surface area contributed by atoms with E-state index in [4.69, 9.17) is 4.74 Å². The minimum Gasteiger partial charge on any atom is -0.488 e. The molecular formula is C30H34FN3O6S. The lowest BCUT2D eigenvalue weighted by Crippen LogP contribution is -2.50. The highest BCUT2D eigenvalue weighted by atomic mass is 32.2. The van der Waals surface area contributed by atoms with Gasteiger partial charge < -0.3 is 20.1 Å². The number of rotatable bonds is 9. The van der Waals surface area contributed by atoms with Crippen LogP contribution in [0.3, 0.4) is 0 Å². The molecule has 0 saturated carbocycles. The first-order valence-corrected chi connectivity index (χ1v) is 14.7. The van der Waals surface area contributed by atoms with Crippen molar-refractivity contribution in [1.29, 1.82) is 0 Å². The predicted molar refractivity (Wildman–Crippen MR) is 153 cm³/mol. The number of nitrogens with zero attached hydrogens (tertiary/aromatic N) is 2. The van der Waals surface area contributed by atoms with Crippen LogP contribution in [0.4, 0.5) is 10.1 Å². The molecule has 2 N–H and O–H groups in total. The molecule has 3 aromatic rings. The van der Waals surface area contributed by atoms with Crippen LogP contribution in [0, 0.1) is 11.7 Å². The third-order valence-electron chi connectivity index (χ3n) is 7.11. The van der Waals surface area contributed by atoms with Crippen molar-refractivity contribution in [2.24, 2.45) is 5.92 Å². The van der Waals surface area contributed by atoms with Crippen LogP contribution in [0.15, 0.2) is 77.7 Å². The number of carbonyl (C=O) groups excluding carboxylic acids is 2. The van der Waals surface area contributed by atoms with E-state index in [0.717, 1.165) is 22.0 Å². The monoisotopic (exact) mass is 583 g/mol. The van der Waals surface area contributed by atoms with Crippen LogP contribution in [0.25, 0.3) is 0 Å². The molecule has 0 unspecified atom stereocenters. The van der Waals surface area contributed by atoms with E-state index >= 15 is 0 Å². The van der Waals surface area contributed by atoms with E-state index in [1.807, 2.05) is 37.3 Å². The Bertz CT molecular complexity index is 1480. The summed E-state index contributed by atoms with van der Waals surface area (Å²) in [6, 6.07) is 18.0. The summed E-state index contributed by atoms with van der Waals surface area (Å²) >= 11 is 0. The molecule has 0 saturated heterocycles. The van der Waals surface area contributed by atoms with Gasteiger partial charge in [0.05, 0.1) is 36.1 Å². The fourth-order valence-electron chi connectivity index (χ4n) is 4.64. The number of likely N-dealkylation sites (N-methyl/N-ethyl adjacent to an activating group) is 1. The van der Waals surface area contributed by atoms with Crippen molar-refractivity contribution in [2.75, 3.05) is 32.1 Å². The number of hydrogen-bond acceptors (Lipinski definition) is 6. The van der Waals surface area contributed by atoms with Crippen LogP contribution >= 0.6 is 0 Å². The molecule has 0 aromatic heterocycles. The average molecular weight is 584 g/mol. The molecule has 0 bridgehead atoms. The predicted octanol–water partition coefficient (Wildman–Crippen LogP) is 3.55. The number of hydrogen-bond donors (Lipinski definition) is 2. The smallest absolute Gasteiger partial charge is 0.258 e. The zero-order chi connectivity index (χ0) is 29.7. The van der Waals surface area contributed by atoms with E-state index < -0.39 is 28.0 Å². The number of amides is 2. The Balaban J connectivity index is 1.61. The van der Waals surface area contributed by atoms with Crippen molar-refractivity contribution in [1.82, 2.24) is 9.21 Å². The Morgan fingerprint density at radius 3 is 2.49 bits per heavy atom. The molecule has 0 fully saturated rings. The van der Waals surface area contributed by atoms with E-state index in [1.165, 1.54) is 30.1 Å². The summed E-state index contributed by atoms with van der Waals surface area (Å²) in [5, 5.41) is 12.7. The maximum Gasteiger partial charge on any atom is 0.258 e. The molecule has 4 rings (SSSR count). The van der Waals surface area contributed by atoms with Gasteiger partial charge in [0.2, 0.25) is 15.9 Å². The number of halogens is 1. The Kier molecular flexibility index (Phi) is 9.42. The van der Waals surface area contributed by atoms with Gasteiger partial charge in [0.15, 0.2) is 0 Å². The maximum atomic E-state index is 13.7. The first kappa shape index (κ1) is 30.2. The summed E-state index contributed by atoms with van der Waals surface area (Å²) in [7, 11) is -2.53. The second-order valence-corrected chi connectivity index (χ2v) is 12.3. The van der Waals surface area contributed by atoms with Gasteiger partial charge in [0.1, 0.15) is 17.7 Å². The lowest BCUT2D eigenvalue weighted by Gasteiger charge is -2.38. The van der Waals surface area contributed by atoms with Gasteiger partial charge in [0.25, 0.3) is 5.91 Å². The number of ether oxygens (including phenoxy) is 1. The van der Waals surface area contributed by atoms with Crippen LogP contribution in [0.5, 0.6) is 5.75 Å². The van der Waals surface area contributed by atoms with Crippen LogP contribution in [-0.2, 0) is 21.2 Å². The van der Waals surface area contributed by atoms with Crippen molar-refractivity contribution < 1.29 is 32.2 Å². The fourth-order valence-corrected chi connectivity index (χ4v) is 5.83. The molecular weight excluding hydrogens is 549 g/mol. The van der Waals surface area contributed by atoms with Crippen LogP contribution in [0.2, 0.25) is 0 Å². The number of sulfonamides is 1. The molecule has 11 heteroatoms. The molecule has 0 radical (unpaired) electrons. The van der Waals surface area contributed by atoms with Gasteiger partial charge in [-0.15, -0.1) is 0 Å². The topological polar surface area (TPSA) is 116 Å². The third kappa shape index (κ3) is 7.10. The zero-order valence-corrected chi connectivity index (χ0v) is 24.0. The number of fused-ring (bicyclic) bond motifs is 1.